The summed E-state index contributed by atoms with van der Waals surface area (Å²) in [5, 5.41) is 26.4. The van der Waals surface area contributed by atoms with Crippen LogP contribution in [0.3, 0.4) is 0 Å². The first-order valence-corrected chi connectivity index (χ1v) is 19.6. The third-order valence-corrected chi connectivity index (χ3v) is 11.3. The molecule has 1 heterocycles. The van der Waals surface area contributed by atoms with E-state index in [9.17, 15) is 15.0 Å². The number of carbonyl (C=O) groups excluding carboxylic acids is 1. The van der Waals surface area contributed by atoms with Crippen LogP contribution in [0.1, 0.15) is 80.1 Å². The van der Waals surface area contributed by atoms with Gasteiger partial charge in [0, 0.05) is 43.2 Å². The molecule has 1 fully saturated rings. The van der Waals surface area contributed by atoms with Gasteiger partial charge in [0.15, 0.2) is 0 Å². The third-order valence-electron chi connectivity index (χ3n) is 11.3. The molecule has 0 aromatic heterocycles. The van der Waals surface area contributed by atoms with Crippen molar-refractivity contribution in [1.29, 1.82) is 0 Å². The molecule has 2 N–H and O–H groups in total. The highest BCUT2D eigenvalue weighted by Crippen LogP contribution is 2.62. The lowest BCUT2D eigenvalue weighted by atomic mass is 9.55. The number of rotatable bonds is 19. The normalized spacial score (nSPS) is 24.9. The van der Waals surface area contributed by atoms with E-state index >= 15 is 0 Å². The predicted octanol–water partition coefficient (Wildman–Crippen LogP) is 8.22. The molecule has 2 aliphatic carbocycles. The highest BCUT2D eigenvalue weighted by Gasteiger charge is 2.65. The summed E-state index contributed by atoms with van der Waals surface area (Å²) >= 11 is 0. The van der Waals surface area contributed by atoms with Gasteiger partial charge < -0.3 is 34.2 Å². The molecule has 6 atom stereocenters. The van der Waals surface area contributed by atoms with Crippen molar-refractivity contribution in [3.05, 3.63) is 109 Å². The second kappa shape index (κ2) is 18.3. The van der Waals surface area contributed by atoms with Gasteiger partial charge in [-0.2, -0.15) is 0 Å². The van der Waals surface area contributed by atoms with Crippen molar-refractivity contribution in [2.45, 2.75) is 76.0 Å². The number of nitrogens with zero attached hydrogens (tertiary/aromatic N) is 2. The van der Waals surface area contributed by atoms with Crippen molar-refractivity contribution >= 4 is 22.4 Å². The molecule has 0 spiro atoms. The number of allylic oxidation sites excluding steroid dienone is 1. The summed E-state index contributed by atoms with van der Waals surface area (Å²) in [5.41, 5.74) is 3.40. The molecule has 9 nitrogen and oxygen atoms in total. The summed E-state index contributed by atoms with van der Waals surface area (Å²) in [6.45, 7) is 11.3. The summed E-state index contributed by atoms with van der Waals surface area (Å²) in [5.74, 6) is -0.201. The molecule has 1 saturated carbocycles. The maximum atomic E-state index is 14.9. The molecule has 0 unspecified atom stereocenters. The van der Waals surface area contributed by atoms with E-state index < -0.39 is 11.8 Å². The number of aliphatic hydroxyl groups excluding tert-OH is 2. The van der Waals surface area contributed by atoms with Gasteiger partial charge >= 0.3 is 0 Å². The Balaban J connectivity index is 1.58. The zero-order valence-electron chi connectivity index (χ0n) is 31.8. The lowest BCUT2D eigenvalue weighted by molar-refractivity contribution is -0.254. The van der Waals surface area contributed by atoms with Crippen molar-refractivity contribution in [2.24, 2.45) is 22.9 Å². The minimum Gasteiger partial charge on any atom is -0.490 e. The zero-order chi connectivity index (χ0) is 38.1. The standard InChI is InChI=1S/C45H56N2O7/c1-5-22-47(44(50)34-19-18-31-14-8-9-15-32(31)27-34)41-30-39(46-51-4)37-28-33(16-10-12-23-48)36(17-11-13-24-49)42-38-29-35(52-25-6-2)20-21-40(38)54-45(41,43(37)42)53-26-7-3/h6-9,14-15,18-21,27-29,33,36,41-43,48-49H,2-3,5,10-13,16-17,22-26,30H2,1,4H3/t33-,36+,41-,42+,43+,45+/m0/s1. The Hall–Kier alpha value is -4.44. The van der Waals surface area contributed by atoms with E-state index in [4.69, 9.17) is 19.0 Å². The summed E-state index contributed by atoms with van der Waals surface area (Å²) in [7, 11) is 1.56. The first-order chi connectivity index (χ1) is 26.4. The van der Waals surface area contributed by atoms with Crippen LogP contribution in [-0.4, -0.2) is 78.6 Å². The molecule has 288 valence electrons. The lowest BCUT2D eigenvalue weighted by Gasteiger charge is -2.60. The average molecular weight is 737 g/mol. The maximum absolute atomic E-state index is 14.9. The summed E-state index contributed by atoms with van der Waals surface area (Å²) in [6, 6.07) is 19.3. The van der Waals surface area contributed by atoms with Gasteiger partial charge in [-0.05, 0) is 90.6 Å². The summed E-state index contributed by atoms with van der Waals surface area (Å²) in [6.07, 6.45) is 11.8. The van der Waals surface area contributed by atoms with Crippen LogP contribution >= 0.6 is 0 Å². The highest BCUT2D eigenvalue weighted by atomic mass is 16.7. The maximum Gasteiger partial charge on any atom is 0.254 e. The predicted molar refractivity (Wildman–Crippen MR) is 213 cm³/mol. The second-order valence-corrected chi connectivity index (χ2v) is 14.6. The Morgan fingerprint density at radius 3 is 2.46 bits per heavy atom. The minimum absolute atomic E-state index is 0.102. The lowest BCUT2D eigenvalue weighted by Crippen LogP contribution is -2.70. The van der Waals surface area contributed by atoms with E-state index in [1.165, 1.54) is 0 Å². The van der Waals surface area contributed by atoms with Crippen molar-refractivity contribution in [1.82, 2.24) is 4.90 Å². The van der Waals surface area contributed by atoms with Crippen LogP contribution < -0.4 is 9.47 Å². The van der Waals surface area contributed by atoms with Crippen LogP contribution in [-0.2, 0) is 9.57 Å². The van der Waals surface area contributed by atoms with Crippen LogP contribution in [0.25, 0.3) is 10.8 Å². The molecular weight excluding hydrogens is 681 g/mol. The Morgan fingerprint density at radius 1 is 0.981 bits per heavy atom. The Morgan fingerprint density at radius 2 is 1.74 bits per heavy atom. The van der Waals surface area contributed by atoms with E-state index in [2.05, 4.69) is 37.4 Å². The molecule has 3 aliphatic rings. The molecule has 0 saturated heterocycles. The van der Waals surface area contributed by atoms with Crippen LogP contribution in [0.4, 0.5) is 0 Å². The molecule has 3 aromatic carbocycles. The molecule has 1 amide bonds. The largest absolute Gasteiger partial charge is 0.490 e. The van der Waals surface area contributed by atoms with Gasteiger partial charge in [-0.3, -0.25) is 4.79 Å². The number of fused-ring (bicyclic) bond motifs is 3. The van der Waals surface area contributed by atoms with Gasteiger partial charge in [-0.25, -0.2) is 0 Å². The smallest absolute Gasteiger partial charge is 0.254 e. The van der Waals surface area contributed by atoms with Crippen molar-refractivity contribution < 1.29 is 34.1 Å². The van der Waals surface area contributed by atoms with Crippen molar-refractivity contribution in [3.63, 3.8) is 0 Å². The number of oxime groups is 1. The number of ether oxygens (including phenoxy) is 3. The third kappa shape index (κ3) is 7.86. The average Bonchev–Trinajstić information content (AvgIpc) is 3.19. The Bertz CT molecular complexity index is 1840. The quantitative estimate of drug-likeness (QED) is 0.0725. The number of hydrogen-bond acceptors (Lipinski definition) is 8. The van der Waals surface area contributed by atoms with Crippen molar-refractivity contribution in [3.8, 4) is 11.5 Å². The van der Waals surface area contributed by atoms with Crippen LogP contribution in [0.5, 0.6) is 11.5 Å². The van der Waals surface area contributed by atoms with Gasteiger partial charge in [0.25, 0.3) is 5.91 Å². The first kappa shape index (κ1) is 39.3. The van der Waals surface area contributed by atoms with Gasteiger partial charge in [-0.1, -0.05) is 80.1 Å². The van der Waals surface area contributed by atoms with Crippen LogP contribution in [0, 0.1) is 17.8 Å². The van der Waals surface area contributed by atoms with Gasteiger partial charge in [0.2, 0.25) is 5.79 Å². The van der Waals surface area contributed by atoms with Gasteiger partial charge in [-0.15, -0.1) is 6.58 Å². The van der Waals surface area contributed by atoms with E-state index in [1.54, 1.807) is 19.3 Å². The number of amides is 1. The number of aliphatic hydroxyl groups is 2. The monoisotopic (exact) mass is 736 g/mol. The molecule has 6 rings (SSSR count). The molecule has 9 heteroatoms. The first-order valence-electron chi connectivity index (χ1n) is 19.6. The van der Waals surface area contributed by atoms with Gasteiger partial charge in [0.1, 0.15) is 31.3 Å². The number of hydrogen-bond donors (Lipinski definition) is 2. The fourth-order valence-electron chi connectivity index (χ4n) is 9.13. The minimum atomic E-state index is -1.30. The molecule has 54 heavy (non-hydrogen) atoms. The molecule has 0 radical (unpaired) electrons. The molecule has 3 aromatic rings. The zero-order valence-corrected chi connectivity index (χ0v) is 31.8. The Labute approximate surface area is 319 Å². The van der Waals surface area contributed by atoms with Crippen LogP contribution in [0.15, 0.2) is 103 Å². The molecular formula is C45H56N2O7. The number of unbranched alkanes of at least 4 members (excludes halogenated alkanes) is 2. The SMILES string of the molecule is C=CCOc1ccc2c(c1)[C@H]1[C@H](CCCCO)[C@@H](CCCCO)C=C3C(=NOC)C[C@H](N(CCC)C(=O)c4ccc5ccccc5c4)[C@@](OCC=C)(O2)[C@H]31. The molecule has 1 aliphatic heterocycles. The summed E-state index contributed by atoms with van der Waals surface area (Å²) in [4.78, 5) is 22.5. The topological polar surface area (TPSA) is 110 Å². The number of benzene rings is 3. The van der Waals surface area contributed by atoms with Crippen LogP contribution in [0.2, 0.25) is 0 Å². The second-order valence-electron chi connectivity index (χ2n) is 14.6. The highest BCUT2D eigenvalue weighted by molar-refractivity contribution is 6.04. The fraction of sp³-hybridized carbons (Fsp3) is 0.467. The fourth-order valence-corrected chi connectivity index (χ4v) is 9.13. The molecule has 0 bridgehead atoms. The van der Waals surface area contributed by atoms with Gasteiger partial charge in [0.05, 0.1) is 18.2 Å². The summed E-state index contributed by atoms with van der Waals surface area (Å²) < 4.78 is 20.5. The number of carbonyl (C=O) groups is 1. The Kier molecular flexibility index (Phi) is 13.3. The van der Waals surface area contributed by atoms with Crippen molar-refractivity contribution in [2.75, 3.05) is 40.1 Å². The van der Waals surface area contributed by atoms with E-state index in [0.717, 1.165) is 65.5 Å². The van der Waals surface area contributed by atoms with E-state index in [0.29, 0.717) is 43.7 Å². The van der Waals surface area contributed by atoms with E-state index in [1.807, 2.05) is 59.5 Å². The van der Waals surface area contributed by atoms with E-state index in [-0.39, 0.29) is 49.4 Å².